The Morgan fingerprint density at radius 2 is 2.16 bits per heavy atom. The molecule has 0 aromatic heterocycles. The number of benzene rings is 1. The van der Waals surface area contributed by atoms with Gasteiger partial charge in [0.1, 0.15) is 5.75 Å². The van der Waals surface area contributed by atoms with Crippen molar-refractivity contribution in [2.45, 2.75) is 38.1 Å². The Kier molecular flexibility index (Phi) is 7.07. The summed E-state index contributed by atoms with van der Waals surface area (Å²) in [6.45, 7) is 2.26. The lowest BCUT2D eigenvalue weighted by atomic mass is 10.0. The van der Waals surface area contributed by atoms with Gasteiger partial charge in [0.2, 0.25) is 0 Å². The molecular weight excluding hydrogens is 337 g/mol. The lowest BCUT2D eigenvalue weighted by Crippen LogP contribution is -2.43. The first-order valence-electron chi connectivity index (χ1n) is 8.38. The van der Waals surface area contributed by atoms with Crippen LogP contribution in [-0.4, -0.2) is 54.6 Å². The van der Waals surface area contributed by atoms with E-state index in [1.165, 1.54) is 12.1 Å². The lowest BCUT2D eigenvalue weighted by Gasteiger charge is -2.34. The van der Waals surface area contributed by atoms with Crippen molar-refractivity contribution in [2.75, 3.05) is 26.2 Å². The Bertz CT molecular complexity index is 566. The van der Waals surface area contributed by atoms with E-state index >= 15 is 0 Å². The van der Waals surface area contributed by atoms with Crippen LogP contribution in [-0.2, 0) is 0 Å². The van der Waals surface area contributed by atoms with Crippen LogP contribution in [0.15, 0.2) is 24.3 Å². The van der Waals surface area contributed by atoms with Gasteiger partial charge in [0, 0.05) is 24.7 Å². The summed E-state index contributed by atoms with van der Waals surface area (Å²) in [5.74, 6) is -0.857. The monoisotopic (exact) mass is 360 g/mol. The number of amides is 1. The third-order valence-corrected chi connectivity index (χ3v) is 4.20. The van der Waals surface area contributed by atoms with Crippen LogP contribution in [0.4, 0.5) is 13.2 Å². The van der Waals surface area contributed by atoms with Gasteiger partial charge in [0.25, 0.3) is 5.91 Å². The summed E-state index contributed by atoms with van der Waals surface area (Å²) in [6.07, 6.45) is -0.869. The predicted molar refractivity (Wildman–Crippen MR) is 86.4 cm³/mol. The minimum Gasteiger partial charge on any atom is -0.406 e. The molecule has 0 unspecified atom stereocenters. The molecule has 1 saturated heterocycles. The van der Waals surface area contributed by atoms with Gasteiger partial charge in [-0.3, -0.25) is 9.69 Å². The molecule has 2 N–H and O–H groups in total. The lowest BCUT2D eigenvalue weighted by molar-refractivity contribution is -0.274. The van der Waals surface area contributed by atoms with Crippen LogP contribution in [0.3, 0.4) is 0 Å². The molecule has 0 radical (unpaired) electrons. The van der Waals surface area contributed by atoms with Crippen LogP contribution < -0.4 is 10.1 Å². The molecule has 1 aliphatic rings. The molecule has 140 valence electrons. The Labute approximate surface area is 144 Å². The van der Waals surface area contributed by atoms with Crippen LogP contribution >= 0.6 is 0 Å². The number of ether oxygens (including phenoxy) is 1. The average Bonchev–Trinajstić information content (AvgIpc) is 2.57. The van der Waals surface area contributed by atoms with Gasteiger partial charge in [-0.1, -0.05) is 12.5 Å². The molecule has 1 aliphatic heterocycles. The number of likely N-dealkylation sites (tertiary alicyclic amines) is 1. The smallest absolute Gasteiger partial charge is 0.406 e. The zero-order chi connectivity index (χ0) is 18.3. The molecule has 1 fully saturated rings. The molecule has 5 nitrogen and oxygen atoms in total. The van der Waals surface area contributed by atoms with Crippen molar-refractivity contribution in [3.63, 3.8) is 0 Å². The molecule has 1 atom stereocenters. The van der Waals surface area contributed by atoms with Crippen LogP contribution in [0.1, 0.15) is 36.0 Å². The highest BCUT2D eigenvalue weighted by Crippen LogP contribution is 2.23. The summed E-state index contributed by atoms with van der Waals surface area (Å²) >= 11 is 0. The first-order valence-corrected chi connectivity index (χ1v) is 8.38. The van der Waals surface area contributed by atoms with Crippen LogP contribution in [0.25, 0.3) is 0 Å². The second-order valence-electron chi connectivity index (χ2n) is 6.05. The van der Waals surface area contributed by atoms with Crippen LogP contribution in [0, 0.1) is 0 Å². The fraction of sp³-hybridized carbons (Fsp3) is 0.588. The van der Waals surface area contributed by atoms with Crippen molar-refractivity contribution in [3.8, 4) is 5.75 Å². The molecule has 1 amide bonds. The van der Waals surface area contributed by atoms with E-state index in [9.17, 15) is 23.1 Å². The molecule has 1 heterocycles. The first kappa shape index (κ1) is 19.5. The standard InChI is InChI=1S/C17H23F3N2O3/c18-17(19,20)25-15-7-3-5-13(11-15)16(24)21-8-4-10-22-9-2-1-6-14(22)12-23/h3,5,7,11,14,23H,1-2,4,6,8-10,12H2,(H,21,24)/t14-/m0/s1. The summed E-state index contributed by atoms with van der Waals surface area (Å²) < 4.78 is 40.5. The predicted octanol–water partition coefficient (Wildman–Crippen LogP) is 2.55. The number of halogens is 3. The van der Waals surface area contributed by atoms with Gasteiger partial charge in [0.05, 0.1) is 6.61 Å². The van der Waals surface area contributed by atoms with Gasteiger partial charge in [-0.25, -0.2) is 0 Å². The minimum atomic E-state index is -4.78. The second-order valence-corrected chi connectivity index (χ2v) is 6.05. The van der Waals surface area contributed by atoms with Crippen LogP contribution in [0.2, 0.25) is 0 Å². The summed E-state index contributed by atoms with van der Waals surface area (Å²) in [7, 11) is 0. The molecule has 0 aliphatic carbocycles. The van der Waals surface area contributed by atoms with Gasteiger partial charge in [-0.15, -0.1) is 13.2 Å². The Balaban J connectivity index is 1.77. The highest BCUT2D eigenvalue weighted by molar-refractivity contribution is 5.94. The summed E-state index contributed by atoms with van der Waals surface area (Å²) in [5, 5.41) is 12.1. The number of nitrogens with zero attached hydrogens (tertiary/aromatic N) is 1. The Morgan fingerprint density at radius 1 is 1.36 bits per heavy atom. The van der Waals surface area contributed by atoms with Gasteiger partial charge in [0.15, 0.2) is 0 Å². The van der Waals surface area contributed by atoms with E-state index in [4.69, 9.17) is 0 Å². The Hall–Kier alpha value is -1.80. The van der Waals surface area contributed by atoms with E-state index in [0.29, 0.717) is 13.0 Å². The Morgan fingerprint density at radius 3 is 2.88 bits per heavy atom. The summed E-state index contributed by atoms with van der Waals surface area (Å²) in [5.41, 5.74) is 0.118. The number of hydrogen-bond acceptors (Lipinski definition) is 4. The van der Waals surface area contributed by atoms with E-state index in [2.05, 4.69) is 15.0 Å². The highest BCUT2D eigenvalue weighted by Gasteiger charge is 2.31. The SMILES string of the molecule is O=C(NCCCN1CCCC[C@H]1CO)c1cccc(OC(F)(F)F)c1. The number of nitrogens with one attached hydrogen (secondary N) is 1. The quantitative estimate of drug-likeness (QED) is 0.734. The number of carbonyl (C=O) groups is 1. The summed E-state index contributed by atoms with van der Waals surface area (Å²) in [4.78, 5) is 14.2. The third kappa shape index (κ3) is 6.55. The number of aliphatic hydroxyl groups is 1. The van der Waals surface area contributed by atoms with Gasteiger partial charge in [-0.05, 0) is 44.0 Å². The number of alkyl halides is 3. The highest BCUT2D eigenvalue weighted by atomic mass is 19.4. The zero-order valence-electron chi connectivity index (χ0n) is 13.9. The fourth-order valence-corrected chi connectivity index (χ4v) is 2.98. The van der Waals surface area contributed by atoms with E-state index in [1.807, 2.05) is 0 Å². The maximum absolute atomic E-state index is 12.2. The number of hydrogen-bond donors (Lipinski definition) is 2. The van der Waals surface area contributed by atoms with Crippen molar-refractivity contribution in [2.24, 2.45) is 0 Å². The molecule has 2 rings (SSSR count). The maximum atomic E-state index is 12.2. The van der Waals surface area contributed by atoms with E-state index in [-0.39, 0.29) is 18.2 Å². The summed E-state index contributed by atoms with van der Waals surface area (Å²) in [6, 6.07) is 5.17. The normalized spacial score (nSPS) is 18.8. The van der Waals surface area contributed by atoms with E-state index < -0.39 is 18.0 Å². The van der Waals surface area contributed by atoms with Crippen molar-refractivity contribution in [1.29, 1.82) is 0 Å². The number of aliphatic hydroxyl groups excluding tert-OH is 1. The topological polar surface area (TPSA) is 61.8 Å². The average molecular weight is 360 g/mol. The molecule has 8 heteroatoms. The molecular formula is C17H23F3N2O3. The maximum Gasteiger partial charge on any atom is 0.573 e. The largest absolute Gasteiger partial charge is 0.573 e. The van der Waals surface area contributed by atoms with Gasteiger partial charge in [-0.2, -0.15) is 0 Å². The first-order chi connectivity index (χ1) is 11.9. The molecule has 0 saturated carbocycles. The van der Waals surface area contributed by atoms with Crippen molar-refractivity contribution in [3.05, 3.63) is 29.8 Å². The zero-order valence-corrected chi connectivity index (χ0v) is 13.9. The van der Waals surface area contributed by atoms with Crippen molar-refractivity contribution < 1.29 is 27.8 Å². The second kappa shape index (κ2) is 9.05. The molecule has 1 aromatic carbocycles. The fourth-order valence-electron chi connectivity index (χ4n) is 2.98. The van der Waals surface area contributed by atoms with Crippen molar-refractivity contribution >= 4 is 5.91 Å². The molecule has 25 heavy (non-hydrogen) atoms. The number of rotatable bonds is 7. The molecule has 1 aromatic rings. The van der Waals surface area contributed by atoms with Crippen LogP contribution in [0.5, 0.6) is 5.75 Å². The molecule has 0 spiro atoms. The minimum absolute atomic E-state index is 0.118. The number of carbonyl (C=O) groups excluding carboxylic acids is 1. The van der Waals surface area contributed by atoms with E-state index in [1.54, 1.807) is 0 Å². The third-order valence-electron chi connectivity index (χ3n) is 4.20. The van der Waals surface area contributed by atoms with E-state index in [0.717, 1.165) is 44.5 Å². The number of piperidine rings is 1. The molecule has 0 bridgehead atoms. The van der Waals surface area contributed by atoms with Gasteiger partial charge >= 0.3 is 6.36 Å². The van der Waals surface area contributed by atoms with Crippen molar-refractivity contribution in [1.82, 2.24) is 10.2 Å². The van der Waals surface area contributed by atoms with Gasteiger partial charge < -0.3 is 15.2 Å².